The van der Waals surface area contributed by atoms with E-state index in [0.29, 0.717) is 16.5 Å². The minimum absolute atomic E-state index is 0.0425. The van der Waals surface area contributed by atoms with Crippen LogP contribution < -0.4 is 0 Å². The Hall–Kier alpha value is -2.31. The van der Waals surface area contributed by atoms with Gasteiger partial charge in [-0.3, -0.25) is 14.7 Å². The Kier molecular flexibility index (Phi) is 3.76. The zero-order chi connectivity index (χ0) is 15.8. The fourth-order valence-corrected chi connectivity index (χ4v) is 2.02. The van der Waals surface area contributed by atoms with Crippen LogP contribution in [0.3, 0.4) is 0 Å². The van der Waals surface area contributed by atoms with Gasteiger partial charge in [0.2, 0.25) is 0 Å². The number of nitro benzene ring substituents is 1. The van der Waals surface area contributed by atoms with Crippen LogP contribution in [0, 0.1) is 10.1 Å². The molecule has 0 saturated heterocycles. The summed E-state index contributed by atoms with van der Waals surface area (Å²) in [6.45, 7) is 5.31. The molecule has 0 amide bonds. The molecule has 0 unspecified atom stereocenters. The topological polar surface area (TPSA) is 74.4 Å². The third kappa shape index (κ3) is 3.07. The van der Waals surface area contributed by atoms with Gasteiger partial charge in [-0.1, -0.05) is 6.32 Å². The first kappa shape index (κ1) is 15.1. The number of aromatic nitrogens is 1. The molecule has 1 aromatic carbocycles. The van der Waals surface area contributed by atoms with Crippen LogP contribution in [-0.2, 0) is 11.1 Å². The SMILES string of the molecule is [B]Cc1cn(C(=O)OC(C)(C)C)c2ccc([N+](=O)[O-])cc12. The minimum Gasteiger partial charge on any atom is -0.443 e. The molecular weight excluding hydrogens is 271 g/mol. The predicted molar refractivity (Wildman–Crippen MR) is 79.7 cm³/mol. The molecule has 0 N–H and O–H groups in total. The van der Waals surface area contributed by atoms with Gasteiger partial charge in [0.25, 0.3) is 5.69 Å². The van der Waals surface area contributed by atoms with Crippen molar-refractivity contribution in [3.63, 3.8) is 0 Å². The number of hydrogen-bond donors (Lipinski definition) is 0. The first-order chi connectivity index (χ1) is 9.73. The smallest absolute Gasteiger partial charge is 0.418 e. The van der Waals surface area contributed by atoms with Gasteiger partial charge in [0.15, 0.2) is 0 Å². The first-order valence-corrected chi connectivity index (χ1v) is 6.45. The van der Waals surface area contributed by atoms with E-state index in [4.69, 9.17) is 12.6 Å². The average Bonchev–Trinajstić information content (AvgIpc) is 2.74. The van der Waals surface area contributed by atoms with Crippen molar-refractivity contribution >= 4 is 30.5 Å². The van der Waals surface area contributed by atoms with Crippen molar-refractivity contribution in [3.05, 3.63) is 40.1 Å². The summed E-state index contributed by atoms with van der Waals surface area (Å²) >= 11 is 0. The largest absolute Gasteiger partial charge is 0.443 e. The molecule has 21 heavy (non-hydrogen) atoms. The number of carbonyl (C=O) groups is 1. The fourth-order valence-electron chi connectivity index (χ4n) is 2.02. The van der Waals surface area contributed by atoms with Crippen molar-refractivity contribution in [3.8, 4) is 0 Å². The van der Waals surface area contributed by atoms with Gasteiger partial charge in [0.1, 0.15) is 5.60 Å². The quantitative estimate of drug-likeness (QED) is 0.483. The van der Waals surface area contributed by atoms with Crippen LogP contribution in [0.25, 0.3) is 10.9 Å². The first-order valence-electron chi connectivity index (χ1n) is 6.45. The molecule has 0 bridgehead atoms. The standard InChI is InChI=1S/C14H15BN2O4/c1-14(2,3)21-13(18)16-8-9(7-15)11-6-10(17(19)20)4-5-12(11)16/h4-6,8H,7H2,1-3H3. The van der Waals surface area contributed by atoms with E-state index >= 15 is 0 Å². The minimum atomic E-state index is -0.628. The summed E-state index contributed by atoms with van der Waals surface area (Å²) in [4.78, 5) is 22.6. The molecule has 2 aromatic rings. The lowest BCUT2D eigenvalue weighted by Crippen LogP contribution is -2.26. The Morgan fingerprint density at radius 2 is 2.10 bits per heavy atom. The highest BCUT2D eigenvalue weighted by atomic mass is 16.6. The molecule has 2 radical (unpaired) electrons. The van der Waals surface area contributed by atoms with Gasteiger partial charge in [-0.25, -0.2) is 4.79 Å². The van der Waals surface area contributed by atoms with Gasteiger partial charge in [-0.05, 0) is 32.4 Å². The van der Waals surface area contributed by atoms with Gasteiger partial charge in [-0.2, -0.15) is 0 Å². The molecule has 6 nitrogen and oxygen atoms in total. The number of hydrogen-bond acceptors (Lipinski definition) is 4. The second-order valence-electron chi connectivity index (χ2n) is 5.67. The van der Waals surface area contributed by atoms with Gasteiger partial charge in [0, 0.05) is 23.7 Å². The summed E-state index contributed by atoms with van der Waals surface area (Å²) in [5, 5.41) is 11.4. The van der Waals surface area contributed by atoms with E-state index < -0.39 is 16.6 Å². The number of benzene rings is 1. The van der Waals surface area contributed by atoms with Crippen LogP contribution in [0.15, 0.2) is 24.4 Å². The molecule has 0 fully saturated rings. The molecule has 1 aromatic heterocycles. The Labute approximate surface area is 123 Å². The maximum absolute atomic E-state index is 12.2. The molecule has 1 heterocycles. The predicted octanol–water partition coefficient (Wildman–Crippen LogP) is 3.00. The van der Waals surface area contributed by atoms with E-state index in [1.165, 1.54) is 22.8 Å². The second-order valence-corrected chi connectivity index (χ2v) is 5.67. The highest BCUT2D eigenvalue weighted by Gasteiger charge is 2.21. The second kappa shape index (κ2) is 5.23. The summed E-state index contributed by atoms with van der Waals surface area (Å²) in [7, 11) is 5.65. The molecule has 0 spiro atoms. The van der Waals surface area contributed by atoms with E-state index in [9.17, 15) is 14.9 Å². The lowest BCUT2D eigenvalue weighted by Gasteiger charge is -2.19. The zero-order valence-electron chi connectivity index (χ0n) is 12.1. The van der Waals surface area contributed by atoms with E-state index in [0.717, 1.165) is 0 Å². The number of nitro groups is 1. The van der Waals surface area contributed by atoms with Gasteiger partial charge < -0.3 is 4.74 Å². The molecule has 0 aliphatic heterocycles. The Balaban J connectivity index is 2.56. The van der Waals surface area contributed by atoms with Crippen molar-refractivity contribution in [2.45, 2.75) is 32.7 Å². The fraction of sp³-hybridized carbons (Fsp3) is 0.357. The van der Waals surface area contributed by atoms with E-state index in [2.05, 4.69) is 0 Å². The van der Waals surface area contributed by atoms with Crippen LogP contribution in [0.5, 0.6) is 0 Å². The molecule has 0 saturated carbocycles. The number of nitrogens with zero attached hydrogens (tertiary/aromatic N) is 2. The molecule has 2 rings (SSSR count). The monoisotopic (exact) mass is 286 g/mol. The van der Waals surface area contributed by atoms with Crippen molar-refractivity contribution in [1.29, 1.82) is 0 Å². The van der Waals surface area contributed by atoms with Gasteiger partial charge in [-0.15, -0.1) is 0 Å². The molecular formula is C14H15BN2O4. The van der Waals surface area contributed by atoms with Crippen molar-refractivity contribution in [1.82, 2.24) is 4.57 Å². The van der Waals surface area contributed by atoms with E-state index in [-0.39, 0.29) is 12.0 Å². The number of rotatable bonds is 2. The van der Waals surface area contributed by atoms with Gasteiger partial charge in [0.05, 0.1) is 18.3 Å². The van der Waals surface area contributed by atoms with Crippen LogP contribution in [0.2, 0.25) is 0 Å². The van der Waals surface area contributed by atoms with Crippen molar-refractivity contribution < 1.29 is 14.5 Å². The summed E-state index contributed by atoms with van der Waals surface area (Å²) in [5.41, 5.74) is 0.520. The molecule has 108 valence electrons. The summed E-state index contributed by atoms with van der Waals surface area (Å²) in [6, 6.07) is 4.29. The van der Waals surface area contributed by atoms with Gasteiger partial charge >= 0.3 is 6.09 Å². The lowest BCUT2D eigenvalue weighted by molar-refractivity contribution is -0.384. The molecule has 0 aliphatic rings. The van der Waals surface area contributed by atoms with Crippen LogP contribution in [0.4, 0.5) is 10.5 Å². The Bertz CT molecular complexity index is 716. The highest BCUT2D eigenvalue weighted by Crippen LogP contribution is 2.27. The molecule has 7 heteroatoms. The number of non-ortho nitro benzene ring substituents is 1. The van der Waals surface area contributed by atoms with E-state index in [1.54, 1.807) is 27.0 Å². The third-order valence-corrected chi connectivity index (χ3v) is 2.89. The zero-order valence-corrected chi connectivity index (χ0v) is 12.1. The third-order valence-electron chi connectivity index (χ3n) is 2.89. The molecule has 0 aliphatic carbocycles. The summed E-state index contributed by atoms with van der Waals surface area (Å²) in [5.74, 6) is 0. The maximum Gasteiger partial charge on any atom is 0.418 e. The van der Waals surface area contributed by atoms with Crippen molar-refractivity contribution in [2.24, 2.45) is 0 Å². The summed E-state index contributed by atoms with van der Waals surface area (Å²) in [6.07, 6.45) is 1.19. The Morgan fingerprint density at radius 3 is 2.62 bits per heavy atom. The van der Waals surface area contributed by atoms with Crippen molar-refractivity contribution in [2.75, 3.05) is 0 Å². The lowest BCUT2D eigenvalue weighted by atomic mass is 9.96. The normalized spacial score (nSPS) is 11.6. The number of carbonyl (C=O) groups excluding carboxylic acids is 1. The Morgan fingerprint density at radius 1 is 1.43 bits per heavy atom. The maximum atomic E-state index is 12.2. The average molecular weight is 286 g/mol. The highest BCUT2D eigenvalue weighted by molar-refractivity contribution is 6.10. The van der Waals surface area contributed by atoms with Crippen LogP contribution in [-0.4, -0.2) is 29.0 Å². The number of fused-ring (bicyclic) bond motifs is 1. The summed E-state index contributed by atoms with van der Waals surface area (Å²) < 4.78 is 6.64. The molecule has 0 atom stereocenters. The van der Waals surface area contributed by atoms with Crippen LogP contribution >= 0.6 is 0 Å². The van der Waals surface area contributed by atoms with E-state index in [1.807, 2.05) is 0 Å². The van der Waals surface area contributed by atoms with Crippen LogP contribution in [0.1, 0.15) is 26.3 Å². The number of ether oxygens (including phenoxy) is 1.